The molecule has 2 aromatic carbocycles. The number of ether oxygens (including phenoxy) is 2. The summed E-state index contributed by atoms with van der Waals surface area (Å²) in [5.41, 5.74) is 1.90. The highest BCUT2D eigenvalue weighted by atomic mass is 35.5. The number of methoxy groups -OCH3 is 2. The highest BCUT2D eigenvalue weighted by molar-refractivity contribution is 6.30. The molecule has 33 heavy (non-hydrogen) atoms. The summed E-state index contributed by atoms with van der Waals surface area (Å²) in [5.74, 6) is 1.10. The Morgan fingerprint density at radius 3 is 2.30 bits per heavy atom. The molecular weight excluding hydrogens is 440 g/mol. The van der Waals surface area contributed by atoms with Gasteiger partial charge in [-0.2, -0.15) is 0 Å². The zero-order valence-corrected chi connectivity index (χ0v) is 20.4. The number of aryl methyl sites for hydroxylation is 1. The molecule has 1 aliphatic carbocycles. The van der Waals surface area contributed by atoms with Crippen molar-refractivity contribution in [2.24, 2.45) is 0 Å². The van der Waals surface area contributed by atoms with Crippen molar-refractivity contribution < 1.29 is 19.1 Å². The summed E-state index contributed by atoms with van der Waals surface area (Å²) in [5, 5.41) is 3.76. The number of nitrogens with zero attached hydrogens (tertiary/aromatic N) is 1. The zero-order chi connectivity index (χ0) is 23.8. The van der Waals surface area contributed by atoms with Crippen molar-refractivity contribution in [3.63, 3.8) is 0 Å². The summed E-state index contributed by atoms with van der Waals surface area (Å²) in [6, 6.07) is 12.6. The van der Waals surface area contributed by atoms with Crippen LogP contribution in [0.2, 0.25) is 5.02 Å². The number of rotatable bonds is 10. The third-order valence-corrected chi connectivity index (χ3v) is 6.46. The van der Waals surface area contributed by atoms with Crippen LogP contribution in [0.3, 0.4) is 0 Å². The average molecular weight is 473 g/mol. The topological polar surface area (TPSA) is 67.9 Å². The van der Waals surface area contributed by atoms with E-state index in [2.05, 4.69) is 5.32 Å². The Balaban J connectivity index is 1.71. The van der Waals surface area contributed by atoms with E-state index < -0.39 is 6.04 Å². The van der Waals surface area contributed by atoms with Gasteiger partial charge in [0.1, 0.15) is 6.04 Å². The van der Waals surface area contributed by atoms with Crippen LogP contribution in [0.1, 0.15) is 50.2 Å². The number of hydrogen-bond acceptors (Lipinski definition) is 4. The van der Waals surface area contributed by atoms with Crippen LogP contribution in [0.25, 0.3) is 0 Å². The molecule has 0 saturated heterocycles. The molecule has 0 aromatic heterocycles. The fourth-order valence-electron chi connectivity index (χ4n) is 4.19. The number of nitrogens with one attached hydrogen (secondary N) is 1. The van der Waals surface area contributed by atoms with Crippen LogP contribution in [0.15, 0.2) is 42.5 Å². The first-order valence-electron chi connectivity index (χ1n) is 11.5. The highest BCUT2D eigenvalue weighted by Crippen LogP contribution is 2.28. The second-order valence-electron chi connectivity index (χ2n) is 8.50. The highest BCUT2D eigenvalue weighted by Gasteiger charge is 2.28. The number of amides is 2. The molecule has 1 saturated carbocycles. The standard InChI is InChI=1S/C26H33ClN2O4/c1-18(26(31)28-22-6-4-5-7-22)29(17-20-8-12-21(27)13-9-20)25(30)15-11-19-10-14-23(32-2)24(16-19)33-3/h8-10,12-14,16,18,22H,4-7,11,15,17H2,1-3H3,(H,28,31)/t18-/m1/s1. The van der Waals surface area contributed by atoms with Gasteiger partial charge in [0.25, 0.3) is 0 Å². The van der Waals surface area contributed by atoms with Crippen LogP contribution in [0, 0.1) is 0 Å². The second kappa shape index (κ2) is 11.9. The van der Waals surface area contributed by atoms with Gasteiger partial charge in [-0.25, -0.2) is 0 Å². The Bertz CT molecular complexity index is 942. The predicted molar refractivity (Wildman–Crippen MR) is 130 cm³/mol. The lowest BCUT2D eigenvalue weighted by atomic mass is 10.1. The number of carbonyl (C=O) groups is 2. The van der Waals surface area contributed by atoms with Gasteiger partial charge in [0.05, 0.1) is 14.2 Å². The molecule has 2 aromatic rings. The molecule has 0 radical (unpaired) electrons. The zero-order valence-electron chi connectivity index (χ0n) is 19.6. The Morgan fingerprint density at radius 2 is 1.67 bits per heavy atom. The number of carbonyl (C=O) groups excluding carboxylic acids is 2. The first kappa shape index (κ1) is 24.9. The molecule has 0 heterocycles. The van der Waals surface area contributed by atoms with E-state index in [1.807, 2.05) is 30.3 Å². The molecule has 0 unspecified atom stereocenters. The van der Waals surface area contributed by atoms with Crippen molar-refractivity contribution in [2.45, 2.75) is 64.1 Å². The molecule has 1 atom stereocenters. The third-order valence-electron chi connectivity index (χ3n) is 6.21. The van der Waals surface area contributed by atoms with Gasteiger partial charge in [-0.1, -0.05) is 42.6 Å². The van der Waals surface area contributed by atoms with E-state index in [0.29, 0.717) is 29.5 Å². The van der Waals surface area contributed by atoms with Gasteiger partial charge < -0.3 is 19.7 Å². The quantitative estimate of drug-likeness (QED) is 0.541. The Hall–Kier alpha value is -2.73. The minimum atomic E-state index is -0.570. The predicted octanol–water partition coefficient (Wildman–Crippen LogP) is 4.77. The van der Waals surface area contributed by atoms with Crippen LogP contribution in [-0.2, 0) is 22.6 Å². The van der Waals surface area contributed by atoms with Crippen molar-refractivity contribution in [3.05, 3.63) is 58.6 Å². The summed E-state index contributed by atoms with van der Waals surface area (Å²) >= 11 is 6.02. The number of hydrogen-bond donors (Lipinski definition) is 1. The normalized spacial score (nSPS) is 14.5. The van der Waals surface area contributed by atoms with Crippen molar-refractivity contribution in [2.75, 3.05) is 14.2 Å². The number of benzene rings is 2. The van der Waals surface area contributed by atoms with E-state index in [4.69, 9.17) is 21.1 Å². The summed E-state index contributed by atoms with van der Waals surface area (Å²) in [4.78, 5) is 27.9. The molecule has 1 fully saturated rings. The van der Waals surface area contributed by atoms with E-state index in [9.17, 15) is 9.59 Å². The van der Waals surface area contributed by atoms with Crippen molar-refractivity contribution in [1.29, 1.82) is 0 Å². The third kappa shape index (κ3) is 6.87. The van der Waals surface area contributed by atoms with Crippen molar-refractivity contribution in [1.82, 2.24) is 10.2 Å². The maximum atomic E-state index is 13.3. The minimum absolute atomic E-state index is 0.0752. The molecule has 6 nitrogen and oxygen atoms in total. The summed E-state index contributed by atoms with van der Waals surface area (Å²) < 4.78 is 10.7. The maximum Gasteiger partial charge on any atom is 0.242 e. The molecule has 0 aliphatic heterocycles. The van der Waals surface area contributed by atoms with E-state index in [1.54, 1.807) is 38.2 Å². The number of halogens is 1. The molecule has 0 bridgehead atoms. The smallest absolute Gasteiger partial charge is 0.242 e. The van der Waals surface area contributed by atoms with Gasteiger partial charge >= 0.3 is 0 Å². The van der Waals surface area contributed by atoms with Crippen LogP contribution in [0.5, 0.6) is 11.5 Å². The van der Waals surface area contributed by atoms with Crippen molar-refractivity contribution >= 4 is 23.4 Å². The molecule has 1 aliphatic rings. The Labute approximate surface area is 201 Å². The maximum absolute atomic E-state index is 13.3. The molecule has 3 rings (SSSR count). The van der Waals surface area contributed by atoms with E-state index in [1.165, 1.54) is 0 Å². The molecule has 1 N–H and O–H groups in total. The second-order valence-corrected chi connectivity index (χ2v) is 8.94. The van der Waals surface area contributed by atoms with Gasteiger partial charge in [0, 0.05) is 24.0 Å². The minimum Gasteiger partial charge on any atom is -0.493 e. The lowest BCUT2D eigenvalue weighted by Crippen LogP contribution is -2.49. The van der Waals surface area contributed by atoms with Crippen LogP contribution in [-0.4, -0.2) is 43.0 Å². The molecule has 0 spiro atoms. The van der Waals surface area contributed by atoms with Crippen LogP contribution < -0.4 is 14.8 Å². The van der Waals surface area contributed by atoms with Crippen LogP contribution >= 0.6 is 11.6 Å². The van der Waals surface area contributed by atoms with Gasteiger partial charge in [0.15, 0.2) is 11.5 Å². The molecule has 2 amide bonds. The lowest BCUT2D eigenvalue weighted by molar-refractivity contribution is -0.140. The van der Waals surface area contributed by atoms with Gasteiger partial charge in [-0.05, 0) is 61.6 Å². The van der Waals surface area contributed by atoms with Crippen LogP contribution in [0.4, 0.5) is 0 Å². The lowest BCUT2D eigenvalue weighted by Gasteiger charge is -2.30. The first-order chi connectivity index (χ1) is 15.9. The summed E-state index contributed by atoms with van der Waals surface area (Å²) in [6.45, 7) is 2.15. The first-order valence-corrected chi connectivity index (χ1v) is 11.8. The fraction of sp³-hybridized carbons (Fsp3) is 0.462. The van der Waals surface area contributed by atoms with Crippen molar-refractivity contribution in [3.8, 4) is 11.5 Å². The largest absolute Gasteiger partial charge is 0.493 e. The fourth-order valence-corrected chi connectivity index (χ4v) is 4.32. The van der Waals surface area contributed by atoms with Gasteiger partial charge in [-0.3, -0.25) is 9.59 Å². The average Bonchev–Trinajstić information content (AvgIpc) is 3.34. The van der Waals surface area contributed by atoms with E-state index in [0.717, 1.165) is 36.8 Å². The SMILES string of the molecule is COc1ccc(CCC(=O)N(Cc2ccc(Cl)cc2)[C@H](C)C(=O)NC2CCCC2)cc1OC. The van der Waals surface area contributed by atoms with E-state index in [-0.39, 0.29) is 24.3 Å². The monoisotopic (exact) mass is 472 g/mol. The summed E-state index contributed by atoms with van der Waals surface area (Å²) in [7, 11) is 3.18. The molecular formula is C26H33ClN2O4. The molecule has 7 heteroatoms. The van der Waals surface area contributed by atoms with Gasteiger partial charge in [-0.15, -0.1) is 0 Å². The summed E-state index contributed by atoms with van der Waals surface area (Å²) in [6.07, 6.45) is 5.10. The van der Waals surface area contributed by atoms with Gasteiger partial charge in [0.2, 0.25) is 11.8 Å². The Morgan fingerprint density at radius 1 is 1.03 bits per heavy atom. The van der Waals surface area contributed by atoms with E-state index >= 15 is 0 Å². The Kier molecular flexibility index (Phi) is 9.01. The molecule has 178 valence electrons.